The smallest absolute Gasteiger partial charge is 0.253 e. The molecule has 1 saturated heterocycles. The summed E-state index contributed by atoms with van der Waals surface area (Å²) < 4.78 is 3.88. The number of aliphatic hydroxyl groups excluding tert-OH is 1. The Labute approximate surface area is 178 Å². The summed E-state index contributed by atoms with van der Waals surface area (Å²) >= 11 is 1.10. The largest absolute Gasteiger partial charge is 0.467 e. The summed E-state index contributed by atoms with van der Waals surface area (Å²) in [6, 6.07) is 11.6. The lowest BCUT2D eigenvalue weighted by molar-refractivity contribution is -0.146. The van der Waals surface area contributed by atoms with E-state index in [1.165, 1.54) is 24.5 Å². The fourth-order valence-corrected chi connectivity index (χ4v) is 4.48. The number of carbonyl (C=O) groups excluding carboxylic acids is 3. The Morgan fingerprint density at radius 2 is 2.07 bits per heavy atom. The molecule has 3 rings (SSSR count). The molecule has 0 bridgehead atoms. The third kappa shape index (κ3) is 4.68. The van der Waals surface area contributed by atoms with Crippen LogP contribution in [0.15, 0.2) is 53.1 Å². The molecule has 2 heterocycles. The maximum atomic E-state index is 12.9. The van der Waals surface area contributed by atoms with Crippen LogP contribution in [0.5, 0.6) is 0 Å². The first-order valence-corrected chi connectivity index (χ1v) is 10.4. The lowest BCUT2D eigenvalue weighted by Gasteiger charge is -2.31. The molecule has 1 aliphatic heterocycles. The summed E-state index contributed by atoms with van der Waals surface area (Å²) in [4.78, 5) is 39.1. The van der Waals surface area contributed by atoms with E-state index in [1.54, 1.807) is 12.1 Å². The Kier molecular flexibility index (Phi) is 6.84. The predicted molar refractivity (Wildman–Crippen MR) is 112 cm³/mol. The third-order valence-electron chi connectivity index (χ3n) is 5.05. The number of nitrogens with two attached hydrogens (primary N) is 1. The van der Waals surface area contributed by atoms with Crippen molar-refractivity contribution in [2.24, 2.45) is 5.73 Å². The van der Waals surface area contributed by atoms with Crippen molar-refractivity contribution in [3.63, 3.8) is 0 Å². The van der Waals surface area contributed by atoms with Gasteiger partial charge >= 0.3 is 0 Å². The number of hydrogen-bond acceptors (Lipinski definition) is 6. The number of amides is 3. The van der Waals surface area contributed by atoms with E-state index in [1.807, 2.05) is 30.3 Å². The highest BCUT2D eigenvalue weighted by Crippen LogP contribution is 2.40. The average molecular weight is 431 g/mol. The molecular weight excluding hydrogens is 406 g/mol. The second-order valence-corrected chi connectivity index (χ2v) is 8.52. The van der Waals surface area contributed by atoms with Crippen LogP contribution in [0, 0.1) is 6.42 Å². The summed E-state index contributed by atoms with van der Waals surface area (Å²) in [5.41, 5.74) is 6.50. The molecule has 0 saturated carbocycles. The van der Waals surface area contributed by atoms with E-state index < -0.39 is 34.6 Å². The van der Waals surface area contributed by atoms with Crippen LogP contribution in [0.25, 0.3) is 0 Å². The first-order valence-electron chi connectivity index (χ1n) is 9.42. The topological polar surface area (TPSA) is 126 Å². The normalized spacial score (nSPS) is 21.9. The van der Waals surface area contributed by atoms with Gasteiger partial charge in [0.25, 0.3) is 5.91 Å². The van der Waals surface area contributed by atoms with Crippen molar-refractivity contribution < 1.29 is 23.9 Å². The molecule has 159 valence electrons. The van der Waals surface area contributed by atoms with Gasteiger partial charge in [0.2, 0.25) is 11.8 Å². The van der Waals surface area contributed by atoms with Crippen LogP contribution >= 0.6 is 11.8 Å². The standard InChI is InChI=1S/C21H24N3O5S/c1-21(20(22)28)17(18(26)23-12-15-8-5-11-29-15)24(13-30-21)19(27)16(25)10-9-14-6-3-2-4-7-14/h2-8,10-11,16-17,25H,9,12-13H2,1H3,(H2,22,28)(H,23,26)/t16-,17?,21+/m0/s1. The number of hydrogen-bond donors (Lipinski definition) is 3. The first kappa shape index (κ1) is 21.9. The van der Waals surface area contributed by atoms with Gasteiger partial charge in [-0.1, -0.05) is 30.3 Å². The summed E-state index contributed by atoms with van der Waals surface area (Å²) in [6.45, 7) is 1.64. The van der Waals surface area contributed by atoms with Gasteiger partial charge in [-0.2, -0.15) is 0 Å². The second kappa shape index (κ2) is 9.36. The lowest BCUT2D eigenvalue weighted by atomic mass is 9.97. The Morgan fingerprint density at radius 1 is 1.33 bits per heavy atom. The Morgan fingerprint density at radius 3 is 2.70 bits per heavy atom. The number of furan rings is 1. The van der Waals surface area contributed by atoms with E-state index >= 15 is 0 Å². The minimum atomic E-state index is -1.42. The average Bonchev–Trinajstić information content (AvgIpc) is 3.39. The zero-order valence-electron chi connectivity index (χ0n) is 16.5. The fourth-order valence-electron chi connectivity index (χ4n) is 3.26. The summed E-state index contributed by atoms with van der Waals surface area (Å²) in [6.07, 6.45) is 1.92. The maximum absolute atomic E-state index is 12.9. The molecule has 4 N–H and O–H groups in total. The zero-order valence-corrected chi connectivity index (χ0v) is 17.3. The van der Waals surface area contributed by atoms with Gasteiger partial charge < -0.3 is 25.5 Å². The van der Waals surface area contributed by atoms with Crippen molar-refractivity contribution in [2.75, 3.05) is 5.88 Å². The van der Waals surface area contributed by atoms with Gasteiger partial charge in [-0.3, -0.25) is 14.4 Å². The minimum absolute atomic E-state index is 0.0628. The van der Waals surface area contributed by atoms with E-state index in [4.69, 9.17) is 10.2 Å². The van der Waals surface area contributed by atoms with Crippen LogP contribution < -0.4 is 11.1 Å². The van der Waals surface area contributed by atoms with Crippen molar-refractivity contribution >= 4 is 29.5 Å². The van der Waals surface area contributed by atoms with Crippen LogP contribution in [-0.4, -0.2) is 50.5 Å². The number of primary amides is 1. The highest BCUT2D eigenvalue weighted by molar-refractivity contribution is 8.01. The van der Waals surface area contributed by atoms with E-state index in [0.717, 1.165) is 17.3 Å². The molecular formula is C21H24N3O5S. The molecule has 1 aromatic heterocycles. The lowest BCUT2D eigenvalue weighted by Crippen LogP contribution is -2.59. The zero-order chi connectivity index (χ0) is 21.7. The van der Waals surface area contributed by atoms with Gasteiger partial charge in [0.15, 0.2) is 0 Å². The molecule has 8 nitrogen and oxygen atoms in total. The molecule has 30 heavy (non-hydrogen) atoms. The van der Waals surface area contributed by atoms with E-state index in [2.05, 4.69) is 5.32 Å². The number of rotatable bonds is 8. The van der Waals surface area contributed by atoms with Gasteiger partial charge in [-0.05, 0) is 31.0 Å². The quantitative estimate of drug-likeness (QED) is 0.570. The summed E-state index contributed by atoms with van der Waals surface area (Å²) in [5, 5.41) is 13.1. The predicted octanol–water partition coefficient (Wildman–Crippen LogP) is 0.849. The van der Waals surface area contributed by atoms with Crippen molar-refractivity contribution in [3.8, 4) is 0 Å². The van der Waals surface area contributed by atoms with Crippen molar-refractivity contribution in [2.45, 2.75) is 36.8 Å². The highest BCUT2D eigenvalue weighted by atomic mass is 32.2. The van der Waals surface area contributed by atoms with Crippen LogP contribution in [0.1, 0.15) is 18.2 Å². The van der Waals surface area contributed by atoms with Crippen molar-refractivity contribution in [1.82, 2.24) is 10.2 Å². The first-order chi connectivity index (χ1) is 14.3. The fraction of sp³-hybridized carbons (Fsp3) is 0.333. The van der Waals surface area contributed by atoms with Gasteiger partial charge in [-0.15, -0.1) is 11.8 Å². The Balaban J connectivity index is 1.71. The number of nitrogens with one attached hydrogen (secondary N) is 1. The molecule has 1 aliphatic rings. The Bertz CT molecular complexity index is 889. The molecule has 2 aromatic rings. The molecule has 1 radical (unpaired) electrons. The monoisotopic (exact) mass is 430 g/mol. The SMILES string of the molecule is C[C@@]1(C(N)=O)SCN(C(=O)[C@@H](O)[CH]Cc2ccccc2)C1C(=O)NCc1ccco1. The molecule has 0 spiro atoms. The number of benzene rings is 1. The van der Waals surface area contributed by atoms with E-state index in [-0.39, 0.29) is 12.4 Å². The van der Waals surface area contributed by atoms with Gasteiger partial charge in [-0.25, -0.2) is 0 Å². The third-order valence-corrected chi connectivity index (χ3v) is 6.48. The molecule has 1 aromatic carbocycles. The summed E-state index contributed by atoms with van der Waals surface area (Å²) in [5.74, 6) is -1.30. The minimum Gasteiger partial charge on any atom is -0.467 e. The number of aliphatic hydroxyl groups is 1. The second-order valence-electron chi connectivity index (χ2n) is 7.12. The molecule has 3 atom stereocenters. The number of nitrogens with zero attached hydrogens (tertiary/aromatic N) is 1. The van der Waals surface area contributed by atoms with Crippen molar-refractivity contribution in [1.29, 1.82) is 0 Å². The maximum Gasteiger partial charge on any atom is 0.253 e. The van der Waals surface area contributed by atoms with Crippen LogP contribution in [-0.2, 0) is 27.3 Å². The van der Waals surface area contributed by atoms with Gasteiger partial charge in [0.1, 0.15) is 22.7 Å². The highest BCUT2D eigenvalue weighted by Gasteiger charge is 2.55. The van der Waals surface area contributed by atoms with Crippen LogP contribution in [0.4, 0.5) is 0 Å². The molecule has 3 amide bonds. The molecule has 1 unspecified atom stereocenters. The van der Waals surface area contributed by atoms with Gasteiger partial charge in [0, 0.05) is 6.42 Å². The Hall–Kier alpha value is -2.78. The van der Waals surface area contributed by atoms with Crippen LogP contribution in [0.2, 0.25) is 0 Å². The van der Waals surface area contributed by atoms with Gasteiger partial charge in [0.05, 0.1) is 18.7 Å². The molecule has 9 heteroatoms. The number of thioether (sulfide) groups is 1. The molecule has 1 fully saturated rings. The van der Waals surface area contributed by atoms with E-state index in [9.17, 15) is 19.5 Å². The van der Waals surface area contributed by atoms with E-state index in [0.29, 0.717) is 12.2 Å². The molecule has 0 aliphatic carbocycles. The number of carbonyl (C=O) groups is 3. The summed E-state index contributed by atoms with van der Waals surface area (Å²) in [7, 11) is 0. The van der Waals surface area contributed by atoms with Crippen LogP contribution in [0.3, 0.4) is 0 Å². The van der Waals surface area contributed by atoms with Crippen molar-refractivity contribution in [3.05, 3.63) is 66.5 Å².